The normalized spacial score (nSPS) is 11.3. The number of rotatable bonds is 9. The highest BCUT2D eigenvalue weighted by atomic mass is 19.3. The zero-order valence-corrected chi connectivity index (χ0v) is 23.0. The second-order valence-electron chi connectivity index (χ2n) is 10.1. The lowest BCUT2D eigenvalue weighted by Crippen LogP contribution is -2.32. The van der Waals surface area contributed by atoms with Crippen LogP contribution in [0, 0.1) is 23.0 Å². The second kappa shape index (κ2) is 12.3. The maximum atomic E-state index is 14.7. The van der Waals surface area contributed by atoms with Crippen LogP contribution in [0.5, 0.6) is 0 Å². The van der Waals surface area contributed by atoms with Crippen molar-refractivity contribution in [2.75, 3.05) is 0 Å². The van der Waals surface area contributed by atoms with E-state index in [2.05, 4.69) is 16.3 Å². The predicted molar refractivity (Wildman–Crippen MR) is 152 cm³/mol. The summed E-state index contributed by atoms with van der Waals surface area (Å²) in [5, 5.41) is 17.2. The Bertz CT molecular complexity index is 1810. The number of benzene rings is 4. The molecule has 0 radical (unpaired) electrons. The molecule has 1 amide bonds. The molecule has 6 nitrogen and oxygen atoms in total. The van der Waals surface area contributed by atoms with Crippen molar-refractivity contribution < 1.29 is 22.4 Å². The van der Waals surface area contributed by atoms with Crippen molar-refractivity contribution in [3.63, 3.8) is 0 Å². The van der Waals surface area contributed by atoms with Crippen molar-refractivity contribution in [3.8, 4) is 17.2 Å². The van der Waals surface area contributed by atoms with Crippen LogP contribution in [0.2, 0.25) is 0 Å². The highest BCUT2D eigenvalue weighted by Crippen LogP contribution is 2.31. The third kappa shape index (κ3) is 6.96. The van der Waals surface area contributed by atoms with Crippen LogP contribution in [-0.4, -0.2) is 25.6 Å². The molecule has 0 N–H and O–H groups in total. The Labute approximate surface area is 245 Å². The van der Waals surface area contributed by atoms with Crippen molar-refractivity contribution in [1.29, 1.82) is 5.26 Å². The van der Waals surface area contributed by atoms with Crippen LogP contribution in [0.15, 0.2) is 97.3 Å². The summed E-state index contributed by atoms with van der Waals surface area (Å²) in [5.74, 6) is -4.64. The van der Waals surface area contributed by atoms with E-state index in [0.29, 0.717) is 29.1 Å². The monoisotopic (exact) mass is 583 g/mol. The van der Waals surface area contributed by atoms with Crippen LogP contribution in [-0.2, 0) is 25.6 Å². The minimum atomic E-state index is -3.03. The number of alkyl halides is 2. The number of nitriles is 1. The molecule has 0 aliphatic heterocycles. The summed E-state index contributed by atoms with van der Waals surface area (Å²) in [5.41, 5.74) is 2.63. The Hall–Kier alpha value is -5.30. The number of carbonyl (C=O) groups excluding carboxylic acids is 1. The largest absolute Gasteiger partial charge is 0.327 e. The van der Waals surface area contributed by atoms with Crippen molar-refractivity contribution in [3.05, 3.63) is 143 Å². The summed E-state index contributed by atoms with van der Waals surface area (Å²) >= 11 is 0. The van der Waals surface area contributed by atoms with Crippen molar-refractivity contribution in [2.45, 2.75) is 32.5 Å². The smallest absolute Gasteiger partial charge is 0.270 e. The lowest BCUT2D eigenvalue weighted by Gasteiger charge is -2.23. The fourth-order valence-electron chi connectivity index (χ4n) is 4.63. The van der Waals surface area contributed by atoms with E-state index in [0.717, 1.165) is 24.6 Å². The molecule has 0 bridgehead atoms. The third-order valence-electron chi connectivity index (χ3n) is 6.94. The van der Waals surface area contributed by atoms with Crippen LogP contribution in [0.1, 0.15) is 45.4 Å². The Morgan fingerprint density at radius 1 is 0.930 bits per heavy atom. The molecule has 10 heteroatoms. The molecule has 0 aliphatic rings. The average Bonchev–Trinajstić information content (AvgIpc) is 3.44. The number of aromatic nitrogens is 3. The molecule has 0 fully saturated rings. The van der Waals surface area contributed by atoms with E-state index >= 15 is 0 Å². The summed E-state index contributed by atoms with van der Waals surface area (Å²) in [6, 6.07) is 24.6. The predicted octanol–water partition coefficient (Wildman–Crippen LogP) is 7.10. The van der Waals surface area contributed by atoms with Gasteiger partial charge in [-0.3, -0.25) is 4.79 Å². The zero-order valence-electron chi connectivity index (χ0n) is 23.0. The van der Waals surface area contributed by atoms with Gasteiger partial charge < -0.3 is 9.47 Å². The number of hydrogen-bond acceptors (Lipinski definition) is 4. The molecule has 5 aromatic rings. The van der Waals surface area contributed by atoms with Gasteiger partial charge in [-0.25, -0.2) is 17.6 Å². The zero-order chi connectivity index (χ0) is 30.6. The molecule has 0 spiro atoms. The van der Waals surface area contributed by atoms with Gasteiger partial charge in [0.15, 0.2) is 5.82 Å². The summed E-state index contributed by atoms with van der Waals surface area (Å²) in [6.45, 7) is 0.914. The summed E-state index contributed by atoms with van der Waals surface area (Å²) in [4.78, 5) is 15.3. The van der Waals surface area contributed by atoms with E-state index in [4.69, 9.17) is 5.26 Å². The fourth-order valence-corrected chi connectivity index (χ4v) is 4.63. The molecule has 0 saturated heterocycles. The van der Waals surface area contributed by atoms with Gasteiger partial charge in [-0.05, 0) is 53.1 Å². The standard InChI is InChI=1S/C33H25F4N5O/c1-33(36,37)28-7-3-5-25(15-28)24-4-2-6-26(14-24)32(43)41(19-27-12-13-29(34)16-30(27)35)20-31-40-39-21-42(31)18-23-10-8-22(17-38)9-11-23/h2-16,21H,18-20H2,1H3. The molecular weight excluding hydrogens is 558 g/mol. The molecule has 0 unspecified atom stereocenters. The summed E-state index contributed by atoms with van der Waals surface area (Å²) < 4.78 is 58.0. The highest BCUT2D eigenvalue weighted by Gasteiger charge is 2.25. The van der Waals surface area contributed by atoms with Crippen LogP contribution >= 0.6 is 0 Å². The molecule has 5 rings (SSSR count). The van der Waals surface area contributed by atoms with Gasteiger partial charge in [-0.1, -0.05) is 48.5 Å². The quantitative estimate of drug-likeness (QED) is 0.174. The maximum absolute atomic E-state index is 14.7. The number of halogens is 4. The van der Waals surface area contributed by atoms with Gasteiger partial charge in [0.25, 0.3) is 11.8 Å². The molecule has 216 valence electrons. The Balaban J connectivity index is 1.47. The van der Waals surface area contributed by atoms with Gasteiger partial charge in [-0.15, -0.1) is 10.2 Å². The molecule has 4 aromatic carbocycles. The first-order valence-electron chi connectivity index (χ1n) is 13.3. The Morgan fingerprint density at radius 3 is 2.35 bits per heavy atom. The number of hydrogen-bond donors (Lipinski definition) is 0. The van der Waals surface area contributed by atoms with E-state index in [1.807, 2.05) is 0 Å². The van der Waals surface area contributed by atoms with Crippen molar-refractivity contribution in [2.24, 2.45) is 0 Å². The van der Waals surface area contributed by atoms with E-state index in [1.165, 1.54) is 35.5 Å². The topological polar surface area (TPSA) is 74.8 Å². The van der Waals surface area contributed by atoms with E-state index in [-0.39, 0.29) is 29.8 Å². The van der Waals surface area contributed by atoms with Crippen LogP contribution in [0.3, 0.4) is 0 Å². The molecule has 0 atom stereocenters. The molecule has 1 heterocycles. The third-order valence-corrected chi connectivity index (χ3v) is 6.94. The van der Waals surface area contributed by atoms with Gasteiger partial charge in [0.1, 0.15) is 18.0 Å². The molecule has 0 saturated carbocycles. The van der Waals surface area contributed by atoms with E-state index in [9.17, 15) is 22.4 Å². The fraction of sp³-hybridized carbons (Fsp3) is 0.152. The summed E-state index contributed by atoms with van der Waals surface area (Å²) in [6.07, 6.45) is 1.51. The Kier molecular flexibility index (Phi) is 8.34. The molecule has 0 aliphatic carbocycles. The van der Waals surface area contributed by atoms with Gasteiger partial charge in [0.2, 0.25) is 0 Å². The highest BCUT2D eigenvalue weighted by molar-refractivity contribution is 5.95. The summed E-state index contributed by atoms with van der Waals surface area (Å²) in [7, 11) is 0. The number of amides is 1. The first-order valence-corrected chi connectivity index (χ1v) is 13.3. The molecular formula is C33H25F4N5O. The van der Waals surface area contributed by atoms with Crippen LogP contribution in [0.4, 0.5) is 17.6 Å². The van der Waals surface area contributed by atoms with Gasteiger partial charge in [0, 0.05) is 36.2 Å². The lowest BCUT2D eigenvalue weighted by atomic mass is 9.99. The van der Waals surface area contributed by atoms with Crippen LogP contribution in [0.25, 0.3) is 11.1 Å². The Morgan fingerprint density at radius 2 is 1.65 bits per heavy atom. The average molecular weight is 584 g/mol. The maximum Gasteiger partial charge on any atom is 0.270 e. The molecule has 43 heavy (non-hydrogen) atoms. The van der Waals surface area contributed by atoms with E-state index in [1.54, 1.807) is 59.2 Å². The van der Waals surface area contributed by atoms with Gasteiger partial charge in [-0.2, -0.15) is 5.26 Å². The second-order valence-corrected chi connectivity index (χ2v) is 10.1. The number of nitrogens with zero attached hydrogens (tertiary/aromatic N) is 5. The lowest BCUT2D eigenvalue weighted by molar-refractivity contribution is 0.0175. The minimum Gasteiger partial charge on any atom is -0.327 e. The number of carbonyl (C=O) groups is 1. The van der Waals surface area contributed by atoms with Crippen molar-refractivity contribution in [1.82, 2.24) is 19.7 Å². The first-order chi connectivity index (χ1) is 20.6. The SMILES string of the molecule is CC(F)(F)c1cccc(-c2cccc(C(=O)N(Cc3ccc(F)cc3F)Cc3nncn3Cc3ccc(C#N)cc3)c2)c1. The minimum absolute atomic E-state index is 0.0618. The van der Waals surface area contributed by atoms with Gasteiger partial charge in [0.05, 0.1) is 24.7 Å². The molecule has 1 aromatic heterocycles. The van der Waals surface area contributed by atoms with Crippen LogP contribution < -0.4 is 0 Å². The van der Waals surface area contributed by atoms with Gasteiger partial charge >= 0.3 is 0 Å². The first kappa shape index (κ1) is 29.2. The van der Waals surface area contributed by atoms with E-state index < -0.39 is 23.5 Å². The van der Waals surface area contributed by atoms with Crippen molar-refractivity contribution >= 4 is 5.91 Å².